The summed E-state index contributed by atoms with van der Waals surface area (Å²) in [7, 11) is 0. The Morgan fingerprint density at radius 1 is 0.963 bits per heavy atom. The maximum atomic E-state index is 12.7. The fraction of sp³-hybridized carbons (Fsp3) is 0.375. The maximum Gasteiger partial charge on any atom is 0.135 e. The summed E-state index contributed by atoms with van der Waals surface area (Å²) in [5, 5.41) is 5.12. The average molecular weight is 358 g/mol. The highest BCUT2D eigenvalue weighted by Crippen LogP contribution is 2.50. The molecule has 3 nitrogen and oxygen atoms in total. The van der Waals surface area contributed by atoms with Gasteiger partial charge < -0.3 is 10.3 Å². The van der Waals surface area contributed by atoms with Crippen molar-refractivity contribution in [1.29, 1.82) is 0 Å². The molecular weight excluding hydrogens is 332 g/mol. The SMILES string of the molecule is CC1(C)CC(=O)C[C@]2(C1)NC[C@@H](c1ccccc1)c1c2[nH]c2ccccc12. The lowest BCUT2D eigenvalue weighted by atomic mass is 9.63. The number of para-hydroxylation sites is 1. The third-order valence-corrected chi connectivity index (χ3v) is 6.37. The van der Waals surface area contributed by atoms with Gasteiger partial charge in [0.2, 0.25) is 0 Å². The van der Waals surface area contributed by atoms with Crippen molar-refractivity contribution in [3.05, 3.63) is 71.4 Å². The van der Waals surface area contributed by atoms with Gasteiger partial charge in [-0.1, -0.05) is 62.4 Å². The first kappa shape index (κ1) is 16.8. The van der Waals surface area contributed by atoms with Crippen LogP contribution in [0, 0.1) is 5.41 Å². The first-order valence-electron chi connectivity index (χ1n) is 9.90. The molecule has 2 aliphatic rings. The van der Waals surface area contributed by atoms with E-state index < -0.39 is 0 Å². The summed E-state index contributed by atoms with van der Waals surface area (Å²) < 4.78 is 0. The number of carbonyl (C=O) groups is 1. The van der Waals surface area contributed by atoms with Gasteiger partial charge in [0.05, 0.1) is 5.54 Å². The second kappa shape index (κ2) is 5.80. The van der Waals surface area contributed by atoms with E-state index in [4.69, 9.17) is 0 Å². The summed E-state index contributed by atoms with van der Waals surface area (Å²) in [5.74, 6) is 0.657. The van der Waals surface area contributed by atoms with Crippen molar-refractivity contribution in [2.24, 2.45) is 5.41 Å². The van der Waals surface area contributed by atoms with Crippen molar-refractivity contribution in [3.8, 4) is 0 Å². The number of aromatic nitrogens is 1. The van der Waals surface area contributed by atoms with Crippen molar-refractivity contribution in [1.82, 2.24) is 10.3 Å². The van der Waals surface area contributed by atoms with Crippen LogP contribution in [-0.4, -0.2) is 17.3 Å². The first-order valence-corrected chi connectivity index (χ1v) is 9.90. The number of ketones is 1. The van der Waals surface area contributed by atoms with Crippen LogP contribution in [0.2, 0.25) is 0 Å². The molecule has 0 bridgehead atoms. The zero-order valence-corrected chi connectivity index (χ0v) is 16.0. The van der Waals surface area contributed by atoms with Gasteiger partial charge in [-0.2, -0.15) is 0 Å². The van der Waals surface area contributed by atoms with Crippen molar-refractivity contribution < 1.29 is 4.79 Å². The van der Waals surface area contributed by atoms with Gasteiger partial charge >= 0.3 is 0 Å². The van der Waals surface area contributed by atoms with Crippen LogP contribution in [0.5, 0.6) is 0 Å². The molecule has 1 aliphatic heterocycles. The molecule has 2 N–H and O–H groups in total. The number of carbonyl (C=O) groups excluding carboxylic acids is 1. The Morgan fingerprint density at radius 3 is 2.48 bits per heavy atom. The molecule has 3 heteroatoms. The second-order valence-electron chi connectivity index (χ2n) is 9.12. The lowest BCUT2D eigenvalue weighted by Crippen LogP contribution is -2.55. The van der Waals surface area contributed by atoms with Gasteiger partial charge in [-0.25, -0.2) is 0 Å². The van der Waals surface area contributed by atoms with Crippen molar-refractivity contribution in [3.63, 3.8) is 0 Å². The number of rotatable bonds is 1. The number of aromatic amines is 1. The number of H-pyrrole nitrogens is 1. The monoisotopic (exact) mass is 358 g/mol. The van der Waals surface area contributed by atoms with Crippen LogP contribution in [0.25, 0.3) is 10.9 Å². The standard InChI is InChI=1S/C24H26N2O/c1-23(2)12-17(27)13-24(15-23)22-21(18-10-6-7-11-20(18)26-22)19(14-25-24)16-8-4-3-5-9-16/h3-11,19,25-26H,12-15H2,1-2H3/t19-,24+/m0/s1. The third-order valence-electron chi connectivity index (χ3n) is 6.37. The molecule has 138 valence electrons. The molecule has 1 fully saturated rings. The van der Waals surface area contributed by atoms with Crippen molar-refractivity contribution in [2.45, 2.75) is 44.6 Å². The number of Topliss-reactive ketones (excluding diaryl/α,β-unsaturated/α-hetero) is 1. The Kier molecular flexibility index (Phi) is 3.60. The Balaban J connectivity index is 1.74. The Labute approximate surface area is 160 Å². The minimum absolute atomic E-state index is 0.0104. The molecule has 0 radical (unpaired) electrons. The number of benzene rings is 2. The molecule has 2 aromatic carbocycles. The summed E-state index contributed by atoms with van der Waals surface area (Å²) in [6.07, 6.45) is 2.24. The highest BCUT2D eigenvalue weighted by Gasteiger charge is 2.49. The maximum absolute atomic E-state index is 12.7. The van der Waals surface area contributed by atoms with E-state index in [1.54, 1.807) is 0 Å². The van der Waals surface area contributed by atoms with E-state index in [1.165, 1.54) is 27.7 Å². The van der Waals surface area contributed by atoms with Crippen LogP contribution in [0.4, 0.5) is 0 Å². The van der Waals surface area contributed by atoms with E-state index in [0.29, 0.717) is 24.5 Å². The molecular formula is C24H26N2O. The highest BCUT2D eigenvalue weighted by molar-refractivity contribution is 5.88. The van der Waals surface area contributed by atoms with E-state index in [-0.39, 0.29) is 11.0 Å². The zero-order valence-electron chi connectivity index (χ0n) is 16.0. The van der Waals surface area contributed by atoms with Crippen LogP contribution in [0.15, 0.2) is 54.6 Å². The van der Waals surface area contributed by atoms with Crippen LogP contribution in [0.1, 0.15) is 55.8 Å². The predicted molar refractivity (Wildman–Crippen MR) is 109 cm³/mol. The Bertz CT molecular complexity index is 1020. The van der Waals surface area contributed by atoms with Crippen LogP contribution in [-0.2, 0) is 10.3 Å². The van der Waals surface area contributed by atoms with E-state index in [1.807, 2.05) is 0 Å². The zero-order chi connectivity index (χ0) is 18.6. The van der Waals surface area contributed by atoms with E-state index in [9.17, 15) is 4.79 Å². The minimum Gasteiger partial charge on any atom is -0.357 e. The molecule has 1 aromatic heterocycles. The smallest absolute Gasteiger partial charge is 0.135 e. The van der Waals surface area contributed by atoms with E-state index >= 15 is 0 Å². The molecule has 1 saturated carbocycles. The molecule has 2 atom stereocenters. The molecule has 2 heterocycles. The van der Waals surface area contributed by atoms with Gasteiger partial charge in [0.15, 0.2) is 0 Å². The van der Waals surface area contributed by atoms with Gasteiger partial charge in [0.1, 0.15) is 5.78 Å². The van der Waals surface area contributed by atoms with Crippen molar-refractivity contribution >= 4 is 16.7 Å². The number of hydrogen-bond donors (Lipinski definition) is 2. The lowest BCUT2D eigenvalue weighted by molar-refractivity contribution is -0.126. The summed E-state index contributed by atoms with van der Waals surface area (Å²) in [5.41, 5.74) is 4.83. The molecule has 0 saturated heterocycles. The van der Waals surface area contributed by atoms with Gasteiger partial charge in [-0.15, -0.1) is 0 Å². The number of fused-ring (bicyclic) bond motifs is 4. The highest BCUT2D eigenvalue weighted by atomic mass is 16.1. The first-order chi connectivity index (χ1) is 13.0. The van der Waals surface area contributed by atoms with Crippen LogP contribution < -0.4 is 5.32 Å². The Hall–Kier alpha value is -2.39. The molecule has 3 aromatic rings. The average Bonchev–Trinajstić information content (AvgIpc) is 3.02. The minimum atomic E-state index is -0.279. The van der Waals surface area contributed by atoms with E-state index in [0.717, 1.165) is 13.0 Å². The molecule has 1 aliphatic carbocycles. The van der Waals surface area contributed by atoms with Crippen LogP contribution in [0.3, 0.4) is 0 Å². The van der Waals surface area contributed by atoms with Gasteiger partial charge in [-0.3, -0.25) is 4.79 Å². The molecule has 0 amide bonds. The fourth-order valence-corrected chi connectivity index (χ4v) is 5.54. The molecule has 1 spiro atoms. The Morgan fingerprint density at radius 2 is 1.70 bits per heavy atom. The van der Waals surface area contributed by atoms with Gasteiger partial charge in [0, 0.05) is 41.9 Å². The molecule has 27 heavy (non-hydrogen) atoms. The van der Waals surface area contributed by atoms with Crippen LogP contribution >= 0.6 is 0 Å². The fourth-order valence-electron chi connectivity index (χ4n) is 5.54. The summed E-state index contributed by atoms with van der Waals surface area (Å²) >= 11 is 0. The normalized spacial score (nSPS) is 27.0. The lowest BCUT2D eigenvalue weighted by Gasteiger charge is -2.48. The quantitative estimate of drug-likeness (QED) is 0.651. The summed E-state index contributed by atoms with van der Waals surface area (Å²) in [6, 6.07) is 19.3. The summed E-state index contributed by atoms with van der Waals surface area (Å²) in [6.45, 7) is 5.31. The predicted octanol–water partition coefficient (Wildman–Crippen LogP) is 4.88. The van der Waals surface area contributed by atoms with Gasteiger partial charge in [0.25, 0.3) is 0 Å². The van der Waals surface area contributed by atoms with Gasteiger partial charge in [-0.05, 0) is 29.0 Å². The third kappa shape index (κ3) is 2.64. The number of hydrogen-bond acceptors (Lipinski definition) is 2. The topological polar surface area (TPSA) is 44.9 Å². The van der Waals surface area contributed by atoms with Crippen molar-refractivity contribution in [2.75, 3.05) is 6.54 Å². The second-order valence-corrected chi connectivity index (χ2v) is 9.12. The molecule has 0 unspecified atom stereocenters. The molecule has 5 rings (SSSR count). The largest absolute Gasteiger partial charge is 0.357 e. The van der Waals surface area contributed by atoms with E-state index in [2.05, 4.69) is 78.7 Å². The summed E-state index contributed by atoms with van der Waals surface area (Å²) in [4.78, 5) is 16.4. The number of nitrogens with one attached hydrogen (secondary N) is 2.